The van der Waals surface area contributed by atoms with E-state index >= 15 is 0 Å². The number of rotatable bonds is 5. The highest BCUT2D eigenvalue weighted by Gasteiger charge is 2.25. The molecule has 140 valence electrons. The van der Waals surface area contributed by atoms with E-state index in [1.54, 1.807) is 25.3 Å². The predicted octanol–water partition coefficient (Wildman–Crippen LogP) is 4.81. The Bertz CT molecular complexity index is 1100. The number of carbonyl (C=O) groups is 1. The molecule has 0 saturated heterocycles. The lowest BCUT2D eigenvalue weighted by molar-refractivity contribution is -0.128. The van der Waals surface area contributed by atoms with E-state index in [-0.39, 0.29) is 5.91 Å². The van der Waals surface area contributed by atoms with Crippen molar-refractivity contribution in [2.45, 2.75) is 10.3 Å². The number of likely N-dealkylation sites (N-methyl/N-ethyl adjacent to an activating group) is 1. The second-order valence-electron chi connectivity index (χ2n) is 6.49. The van der Waals surface area contributed by atoms with Crippen molar-refractivity contribution in [2.24, 2.45) is 0 Å². The first-order valence-corrected chi connectivity index (χ1v) is 9.75. The fourth-order valence-electron chi connectivity index (χ4n) is 2.89. The number of benzene rings is 2. The molecule has 0 aliphatic heterocycles. The maximum Gasteiger partial charge on any atom is 0.240 e. The average Bonchev–Trinajstić information content (AvgIpc) is 3.26. The Labute approximate surface area is 167 Å². The number of amides is 1. The zero-order valence-corrected chi connectivity index (χ0v) is 16.4. The van der Waals surface area contributed by atoms with Crippen molar-refractivity contribution in [2.75, 3.05) is 14.1 Å². The highest BCUT2D eigenvalue weighted by atomic mass is 32.2. The first-order valence-electron chi connectivity index (χ1n) is 8.87. The van der Waals surface area contributed by atoms with Gasteiger partial charge in [0.05, 0.1) is 11.8 Å². The minimum Gasteiger partial charge on any atom is -0.461 e. The van der Waals surface area contributed by atoms with Crippen LogP contribution in [-0.4, -0.2) is 34.9 Å². The lowest BCUT2D eigenvalue weighted by atomic mass is 10.1. The number of furan rings is 1. The van der Waals surface area contributed by atoms with Crippen molar-refractivity contribution in [3.8, 4) is 11.6 Å². The zero-order chi connectivity index (χ0) is 19.5. The average molecular weight is 389 g/mol. The molecule has 0 radical (unpaired) electrons. The summed E-state index contributed by atoms with van der Waals surface area (Å²) < 4.78 is 5.49. The Morgan fingerprint density at radius 1 is 0.964 bits per heavy atom. The molecule has 2 heterocycles. The molecule has 0 aliphatic carbocycles. The molecule has 0 N–H and O–H groups in total. The molecule has 2 aromatic carbocycles. The third-order valence-corrected chi connectivity index (χ3v) is 5.55. The highest BCUT2D eigenvalue weighted by molar-refractivity contribution is 8.00. The van der Waals surface area contributed by atoms with Gasteiger partial charge < -0.3 is 9.32 Å². The van der Waals surface area contributed by atoms with Gasteiger partial charge in [0.1, 0.15) is 10.3 Å². The van der Waals surface area contributed by atoms with Crippen LogP contribution in [0.25, 0.3) is 22.5 Å². The number of thioether (sulfide) groups is 1. The van der Waals surface area contributed by atoms with E-state index in [2.05, 4.69) is 4.98 Å². The summed E-state index contributed by atoms with van der Waals surface area (Å²) in [5, 5.41) is 1.26. The summed E-state index contributed by atoms with van der Waals surface area (Å²) in [6.45, 7) is 0. The fourth-order valence-corrected chi connectivity index (χ4v) is 4.16. The van der Waals surface area contributed by atoms with Crippen LogP contribution in [-0.2, 0) is 4.79 Å². The Morgan fingerprint density at radius 3 is 2.43 bits per heavy atom. The Kier molecular flexibility index (Phi) is 5.12. The molecule has 4 rings (SSSR count). The molecule has 1 atom stereocenters. The minimum absolute atomic E-state index is 0.0124. The summed E-state index contributed by atoms with van der Waals surface area (Å²) in [5.74, 6) is 1.12. The number of para-hydroxylation sites is 1. The van der Waals surface area contributed by atoms with E-state index in [1.165, 1.54) is 11.8 Å². The molecule has 5 nitrogen and oxygen atoms in total. The smallest absolute Gasteiger partial charge is 0.240 e. The number of fused-ring (bicyclic) bond motifs is 1. The Hall–Kier alpha value is -3.12. The Morgan fingerprint density at radius 2 is 1.71 bits per heavy atom. The third-order valence-electron chi connectivity index (χ3n) is 4.31. The maximum absolute atomic E-state index is 12.9. The second-order valence-corrected chi connectivity index (χ2v) is 7.58. The SMILES string of the molecule is CN(C)C(=O)C(Sc1nc(-c2ccco2)nc2ccccc12)c1ccccc1. The molecule has 1 unspecified atom stereocenters. The van der Waals surface area contributed by atoms with Crippen molar-refractivity contribution in [1.82, 2.24) is 14.9 Å². The number of hydrogen-bond acceptors (Lipinski definition) is 5. The second kappa shape index (κ2) is 7.86. The summed E-state index contributed by atoms with van der Waals surface area (Å²) in [5.41, 5.74) is 1.75. The van der Waals surface area contributed by atoms with Crippen LogP contribution in [0.2, 0.25) is 0 Å². The van der Waals surface area contributed by atoms with Crippen LogP contribution in [0.15, 0.2) is 82.4 Å². The standard InChI is InChI=1S/C22H19N3O2S/c1-25(2)22(26)19(15-9-4-3-5-10-15)28-21-16-11-6-7-12-17(16)23-20(24-21)18-13-8-14-27-18/h3-14,19H,1-2H3. The van der Waals surface area contributed by atoms with Crippen LogP contribution in [0.5, 0.6) is 0 Å². The van der Waals surface area contributed by atoms with Crippen molar-refractivity contribution >= 4 is 28.6 Å². The zero-order valence-electron chi connectivity index (χ0n) is 15.6. The van der Waals surface area contributed by atoms with Crippen molar-refractivity contribution in [3.05, 3.63) is 78.6 Å². The molecule has 28 heavy (non-hydrogen) atoms. The van der Waals surface area contributed by atoms with Crippen molar-refractivity contribution in [1.29, 1.82) is 0 Å². The lowest BCUT2D eigenvalue weighted by Gasteiger charge is -2.21. The maximum atomic E-state index is 12.9. The van der Waals surface area contributed by atoms with Crippen LogP contribution in [0.1, 0.15) is 10.8 Å². The van der Waals surface area contributed by atoms with Crippen LogP contribution >= 0.6 is 11.8 Å². The van der Waals surface area contributed by atoms with Crippen LogP contribution < -0.4 is 0 Å². The normalized spacial score (nSPS) is 12.1. The Balaban J connectivity index is 1.83. The first-order chi connectivity index (χ1) is 13.6. The van der Waals surface area contributed by atoms with Crippen molar-refractivity contribution in [3.63, 3.8) is 0 Å². The minimum atomic E-state index is -0.404. The van der Waals surface area contributed by atoms with Gasteiger partial charge in [-0.15, -0.1) is 0 Å². The molecule has 0 bridgehead atoms. The quantitative estimate of drug-likeness (QED) is 0.362. The summed E-state index contributed by atoms with van der Waals surface area (Å²) in [4.78, 5) is 23.9. The van der Waals surface area contributed by atoms with Gasteiger partial charge in [-0.25, -0.2) is 9.97 Å². The van der Waals surface area contributed by atoms with Gasteiger partial charge in [0.25, 0.3) is 0 Å². The predicted molar refractivity (Wildman–Crippen MR) is 111 cm³/mol. The van der Waals surface area contributed by atoms with E-state index in [9.17, 15) is 4.79 Å². The fraction of sp³-hybridized carbons (Fsp3) is 0.136. The van der Waals surface area contributed by atoms with Gasteiger partial charge in [-0.3, -0.25) is 4.79 Å². The number of hydrogen-bond donors (Lipinski definition) is 0. The van der Waals surface area contributed by atoms with Gasteiger partial charge in [-0.1, -0.05) is 60.3 Å². The molecule has 6 heteroatoms. The number of carbonyl (C=O) groups excluding carboxylic acids is 1. The summed E-state index contributed by atoms with van der Waals surface area (Å²) in [6, 6.07) is 21.2. The van der Waals surface area contributed by atoms with E-state index in [4.69, 9.17) is 9.40 Å². The van der Waals surface area contributed by atoms with Gasteiger partial charge in [0, 0.05) is 19.5 Å². The molecule has 0 fully saturated rings. The number of aromatic nitrogens is 2. The molecule has 4 aromatic rings. The summed E-state index contributed by atoms with van der Waals surface area (Å²) in [6.07, 6.45) is 1.60. The third kappa shape index (κ3) is 3.64. The van der Waals surface area contributed by atoms with Crippen LogP contribution in [0.3, 0.4) is 0 Å². The summed E-state index contributed by atoms with van der Waals surface area (Å²) >= 11 is 1.44. The number of nitrogens with zero attached hydrogens (tertiary/aromatic N) is 3. The molecular weight excluding hydrogens is 370 g/mol. The monoisotopic (exact) mass is 389 g/mol. The van der Waals surface area contributed by atoms with Gasteiger partial charge in [-0.05, 0) is 23.8 Å². The van der Waals surface area contributed by atoms with E-state index in [1.807, 2.05) is 66.7 Å². The van der Waals surface area contributed by atoms with Gasteiger partial charge in [0.15, 0.2) is 11.6 Å². The van der Waals surface area contributed by atoms with Gasteiger partial charge >= 0.3 is 0 Å². The van der Waals surface area contributed by atoms with E-state index < -0.39 is 5.25 Å². The topological polar surface area (TPSA) is 59.2 Å². The molecule has 1 amide bonds. The first kappa shape index (κ1) is 18.3. The van der Waals surface area contributed by atoms with Gasteiger partial charge in [0.2, 0.25) is 5.91 Å². The van der Waals surface area contributed by atoms with Gasteiger partial charge in [-0.2, -0.15) is 0 Å². The molecular formula is C22H19N3O2S. The summed E-state index contributed by atoms with van der Waals surface area (Å²) in [7, 11) is 3.54. The molecule has 0 spiro atoms. The van der Waals surface area contributed by atoms with Crippen molar-refractivity contribution < 1.29 is 9.21 Å². The van der Waals surface area contributed by atoms with Crippen LogP contribution in [0, 0.1) is 0 Å². The van der Waals surface area contributed by atoms with Crippen LogP contribution in [0.4, 0.5) is 0 Å². The van der Waals surface area contributed by atoms with E-state index in [0.29, 0.717) is 11.6 Å². The largest absolute Gasteiger partial charge is 0.461 e. The lowest BCUT2D eigenvalue weighted by Crippen LogP contribution is -2.26. The molecule has 0 saturated carbocycles. The molecule has 2 aromatic heterocycles. The molecule has 0 aliphatic rings. The highest BCUT2D eigenvalue weighted by Crippen LogP contribution is 2.39. The van der Waals surface area contributed by atoms with E-state index in [0.717, 1.165) is 21.5 Å².